The number of fused-ring (bicyclic) bond motifs is 4. The first-order valence-corrected chi connectivity index (χ1v) is 27.7. The van der Waals surface area contributed by atoms with Gasteiger partial charge in [-0.25, -0.2) is 48.8 Å². The molecular weight excluding hydrogens is 1080 g/mol. The highest BCUT2D eigenvalue weighted by Crippen LogP contribution is 2.50. The number of benzene rings is 5. The Morgan fingerprint density at radius 2 is 0.798 bits per heavy atom. The molecule has 0 fully saturated rings. The zero-order valence-electron chi connectivity index (χ0n) is 50.4. The third-order valence-corrected chi connectivity index (χ3v) is 14.4. The van der Waals surface area contributed by atoms with Crippen molar-refractivity contribution in [3.8, 4) is 28.7 Å². The number of ether oxygens (including phenoxy) is 7. The van der Waals surface area contributed by atoms with E-state index in [1.807, 2.05) is 13.8 Å². The Balaban J connectivity index is 1.64. The van der Waals surface area contributed by atoms with E-state index in [0.717, 1.165) is 23.6 Å². The highest BCUT2D eigenvalue weighted by atomic mass is 16.6. The van der Waals surface area contributed by atoms with E-state index in [0.29, 0.717) is 29.1 Å². The summed E-state index contributed by atoms with van der Waals surface area (Å²) in [6, 6.07) is 21.5. The molecule has 21 nitrogen and oxygen atoms in total. The number of imide groups is 4. The molecule has 2 aliphatic heterocycles. The lowest BCUT2D eigenvalue weighted by Crippen LogP contribution is -2.47. The second kappa shape index (κ2) is 24.4. The molecule has 2 aliphatic rings. The third kappa shape index (κ3) is 13.0. The van der Waals surface area contributed by atoms with Gasteiger partial charge < -0.3 is 33.2 Å². The molecule has 0 radical (unpaired) electrons. The second-order valence-corrected chi connectivity index (χ2v) is 22.5. The number of nitrogens with zero attached hydrogens (tertiary/aromatic N) is 6. The molecule has 21 heteroatoms. The van der Waals surface area contributed by atoms with Crippen molar-refractivity contribution in [1.29, 1.82) is 0 Å². The van der Waals surface area contributed by atoms with Crippen LogP contribution in [0, 0.1) is 6.92 Å². The summed E-state index contributed by atoms with van der Waals surface area (Å²) >= 11 is 0. The molecule has 0 aromatic heterocycles. The molecule has 0 saturated carbocycles. The lowest BCUT2D eigenvalue weighted by atomic mass is 10.1. The quantitative estimate of drug-likeness (QED) is 0.0645. The maximum absolute atomic E-state index is 14.9. The maximum Gasteiger partial charge on any atom is 0.422 e. The lowest BCUT2D eigenvalue weighted by Gasteiger charge is -2.33. The van der Waals surface area contributed by atoms with Gasteiger partial charge in [-0.1, -0.05) is 64.1 Å². The minimum Gasteiger partial charge on any atom is -0.492 e. The van der Waals surface area contributed by atoms with Crippen molar-refractivity contribution in [2.75, 3.05) is 26.2 Å². The average molecular weight is 1150 g/mol. The largest absolute Gasteiger partial charge is 0.492 e. The molecule has 0 unspecified atom stereocenters. The summed E-state index contributed by atoms with van der Waals surface area (Å²) in [6.07, 6.45) is -3.17. The van der Waals surface area contributed by atoms with Crippen molar-refractivity contribution in [2.24, 2.45) is 9.98 Å². The van der Waals surface area contributed by atoms with Crippen molar-refractivity contribution in [1.82, 2.24) is 0 Å². The molecule has 0 atom stereocenters. The summed E-state index contributed by atoms with van der Waals surface area (Å²) in [7, 11) is 0. The van der Waals surface area contributed by atoms with Gasteiger partial charge in [0.05, 0.1) is 12.3 Å². The summed E-state index contributed by atoms with van der Waals surface area (Å²) in [4.78, 5) is 130. The van der Waals surface area contributed by atoms with E-state index in [1.54, 1.807) is 119 Å². The number of carbonyl (C=O) groups excluding carboxylic acids is 8. The van der Waals surface area contributed by atoms with Crippen LogP contribution in [0.5, 0.6) is 28.7 Å². The molecule has 5 aromatic rings. The Morgan fingerprint density at radius 1 is 0.464 bits per heavy atom. The van der Waals surface area contributed by atoms with Gasteiger partial charge in [-0.3, -0.25) is 19.2 Å². The predicted octanol–water partition coefficient (Wildman–Crippen LogP) is 13.8. The van der Waals surface area contributed by atoms with Crippen LogP contribution in [0.25, 0.3) is 0 Å². The first-order chi connectivity index (χ1) is 39.4. The molecule has 444 valence electrons. The van der Waals surface area contributed by atoms with Gasteiger partial charge in [0, 0.05) is 43.2 Å². The second-order valence-electron chi connectivity index (χ2n) is 22.5. The number of anilines is 4. The summed E-state index contributed by atoms with van der Waals surface area (Å²) in [5.74, 6) is -4.80. The number of amides is 8. The first-order valence-electron chi connectivity index (χ1n) is 27.7. The minimum absolute atomic E-state index is 0.000429. The molecule has 8 amide bonds. The van der Waals surface area contributed by atoms with Crippen molar-refractivity contribution in [2.45, 2.75) is 159 Å². The van der Waals surface area contributed by atoms with E-state index < -0.39 is 98.6 Å². The van der Waals surface area contributed by atoms with E-state index in [9.17, 15) is 38.4 Å². The van der Waals surface area contributed by atoms with Crippen LogP contribution >= 0.6 is 0 Å². The van der Waals surface area contributed by atoms with Crippen LogP contribution in [0.2, 0.25) is 0 Å². The van der Waals surface area contributed by atoms with E-state index in [1.165, 1.54) is 48.5 Å². The van der Waals surface area contributed by atoms with Gasteiger partial charge in [-0.2, -0.15) is 0 Å². The normalized spacial score (nSPS) is 12.3. The van der Waals surface area contributed by atoms with Crippen molar-refractivity contribution in [3.05, 3.63) is 112 Å². The summed E-state index contributed by atoms with van der Waals surface area (Å²) in [6.45, 7) is 25.9. The van der Waals surface area contributed by atoms with Gasteiger partial charge in [0.2, 0.25) is 11.8 Å². The van der Waals surface area contributed by atoms with Crippen molar-refractivity contribution < 1.29 is 71.5 Å². The van der Waals surface area contributed by atoms with Crippen LogP contribution in [0.1, 0.15) is 156 Å². The maximum atomic E-state index is 14.9. The topological polar surface area (TPSA) is 239 Å². The van der Waals surface area contributed by atoms with E-state index in [4.69, 9.17) is 43.1 Å². The van der Waals surface area contributed by atoms with E-state index >= 15 is 0 Å². The highest BCUT2D eigenvalue weighted by Gasteiger charge is 2.43. The Kier molecular flexibility index (Phi) is 18.1. The van der Waals surface area contributed by atoms with Gasteiger partial charge >= 0.3 is 24.4 Å². The summed E-state index contributed by atoms with van der Waals surface area (Å²) in [5.41, 5.74) is -5.08. The SMILES string of the molecule is CCOc1cc2c(cc1N(C(=O)OC(C)(C)CC)C(=O)c1ccccc1)Oc1c(N(C(C)=O)C(=O)OC(C)(C)CC)c3c(c(N(C(C)=O)C(=O)OC(C)(C)CC)c1=N2)Oc1cc(N(C(=O)OC(C)(C)CC)C(=O)c2ccccc2)c(C)cc1N=3. The Hall–Kier alpha value is -9.14. The van der Waals surface area contributed by atoms with Crippen LogP contribution in [-0.2, 0) is 28.5 Å². The number of carbonyl (C=O) groups is 8. The Bertz CT molecular complexity index is 3600. The molecule has 7 rings (SSSR count). The standard InChI is InChI=1S/C63H72N6O15/c1-17-60(9,10)81-56(74)66(37(7)70)50-48-52(79-45-34-43(36(6)32-41(45)64-48)68(58(76)83-62(13,14)19-3)54(72)39-28-24-22-25-29-39)51(67(38(8)71)57(75)82-61(11,12)18-2)49-53(50)80-46-35-44(47(78-21-5)33-42(46)65-49)69(59(77)84-63(15,16)20-4)55(73)40-30-26-23-27-31-40/h22-35H,17-21H2,1-16H3. The summed E-state index contributed by atoms with van der Waals surface area (Å²) in [5, 5.41) is -0.781. The van der Waals surface area contributed by atoms with Crippen LogP contribution < -0.4 is 44.5 Å². The number of aryl methyl sites for hydroxylation is 1. The van der Waals surface area contributed by atoms with Gasteiger partial charge in [0.1, 0.15) is 67.3 Å². The zero-order chi connectivity index (χ0) is 62.0. The van der Waals surface area contributed by atoms with Gasteiger partial charge in [-0.15, -0.1) is 0 Å². The monoisotopic (exact) mass is 1150 g/mol. The molecule has 0 aliphatic carbocycles. The van der Waals surface area contributed by atoms with Crippen molar-refractivity contribution in [3.63, 3.8) is 0 Å². The van der Waals surface area contributed by atoms with Gasteiger partial charge in [0.15, 0.2) is 23.0 Å². The molecule has 84 heavy (non-hydrogen) atoms. The first kappa shape index (κ1) is 62.5. The van der Waals surface area contributed by atoms with Crippen LogP contribution in [0.4, 0.5) is 53.3 Å². The summed E-state index contributed by atoms with van der Waals surface area (Å²) < 4.78 is 43.7. The fourth-order valence-corrected chi connectivity index (χ4v) is 8.33. The molecular formula is C63H72N6O15. The molecule has 5 aromatic carbocycles. The zero-order valence-corrected chi connectivity index (χ0v) is 50.4. The minimum atomic E-state index is -1.21. The van der Waals surface area contributed by atoms with Crippen molar-refractivity contribution >= 4 is 82.1 Å². The fraction of sp³-hybridized carbons (Fsp3) is 0.397. The molecule has 0 saturated heterocycles. The Labute approximate surface area is 488 Å². The molecule has 0 N–H and O–H groups in total. The third-order valence-electron chi connectivity index (χ3n) is 14.4. The van der Waals surface area contributed by atoms with Crippen LogP contribution in [0.15, 0.2) is 94.9 Å². The van der Waals surface area contributed by atoms with E-state index in [-0.39, 0.29) is 75.1 Å². The average Bonchev–Trinajstić information content (AvgIpc) is 0.782. The molecule has 0 bridgehead atoms. The fourth-order valence-electron chi connectivity index (χ4n) is 8.33. The lowest BCUT2D eigenvalue weighted by molar-refractivity contribution is -0.117. The van der Waals surface area contributed by atoms with Gasteiger partial charge in [-0.05, 0) is 131 Å². The van der Waals surface area contributed by atoms with Crippen LogP contribution in [-0.4, -0.2) is 77.0 Å². The smallest absolute Gasteiger partial charge is 0.422 e. The number of rotatable bonds is 16. The molecule has 2 heterocycles. The van der Waals surface area contributed by atoms with Crippen LogP contribution in [0.3, 0.4) is 0 Å². The number of hydrogen-bond acceptors (Lipinski definition) is 17. The molecule has 0 spiro atoms. The highest BCUT2D eigenvalue weighted by molar-refractivity contribution is 6.21. The van der Waals surface area contributed by atoms with E-state index in [2.05, 4.69) is 0 Å². The van der Waals surface area contributed by atoms with Gasteiger partial charge in [0.25, 0.3) is 11.8 Å². The number of hydrogen-bond donors (Lipinski definition) is 0. The Morgan fingerprint density at radius 3 is 1.14 bits per heavy atom. The predicted molar refractivity (Wildman–Crippen MR) is 313 cm³/mol.